The van der Waals surface area contributed by atoms with Crippen molar-refractivity contribution in [2.45, 2.75) is 44.0 Å². The lowest BCUT2D eigenvalue weighted by Gasteiger charge is -2.33. The summed E-state index contributed by atoms with van der Waals surface area (Å²) in [6.07, 6.45) is 0.175. The molecule has 3 heteroatoms. The summed E-state index contributed by atoms with van der Waals surface area (Å²) in [6.45, 7) is 4.82. The summed E-state index contributed by atoms with van der Waals surface area (Å²) >= 11 is 0. The van der Waals surface area contributed by atoms with E-state index in [-0.39, 0.29) is 17.6 Å². The Morgan fingerprint density at radius 2 is 1.23 bits per heavy atom. The molecule has 2 atom stereocenters. The second kappa shape index (κ2) is 10.2. The van der Waals surface area contributed by atoms with Crippen LogP contribution in [0.25, 0.3) is 11.1 Å². The number of nitrogens with one attached hydrogen (secondary N) is 2. The third kappa shape index (κ3) is 5.08. The molecule has 0 bridgehead atoms. The molecule has 0 amide bonds. The highest BCUT2D eigenvalue weighted by molar-refractivity contribution is 5.78. The molecule has 0 aromatic heterocycles. The lowest BCUT2D eigenvalue weighted by Crippen LogP contribution is -2.50. The number of benzene rings is 4. The van der Waals surface area contributed by atoms with E-state index in [1.54, 1.807) is 0 Å². The predicted molar refractivity (Wildman–Crippen MR) is 144 cm³/mol. The molecule has 0 saturated carbocycles. The fourth-order valence-corrected chi connectivity index (χ4v) is 5.18. The minimum Gasteiger partial charge on any atom is -0.390 e. The molecule has 0 aliphatic heterocycles. The number of rotatable bonds is 9. The largest absolute Gasteiger partial charge is 0.390 e. The SMILES string of the molecule is CC(C)(NC[C@@H](O)[C@H](Cc1ccccc1)NC1c2ccccc2-c2ccccc21)c1ccccc1. The van der Waals surface area contributed by atoms with Crippen LogP contribution >= 0.6 is 0 Å². The number of aliphatic hydroxyl groups is 1. The standard InChI is InChI=1S/C32H34N2O/c1-32(2,24-15-7-4-8-16-24)33-22-30(35)29(21-23-13-5-3-6-14-23)34-31-27-19-11-9-17-25(27)26-18-10-12-20-28(26)31/h3-20,29-31,33-35H,21-22H2,1-2H3/t29-,30+/m0/s1. The first kappa shape index (κ1) is 23.5. The van der Waals surface area contributed by atoms with Crippen LogP contribution in [0.5, 0.6) is 0 Å². The van der Waals surface area contributed by atoms with Crippen LogP contribution in [-0.2, 0) is 12.0 Å². The van der Waals surface area contributed by atoms with E-state index in [4.69, 9.17) is 0 Å². The Morgan fingerprint density at radius 1 is 0.714 bits per heavy atom. The molecule has 0 radical (unpaired) electrons. The molecule has 178 valence electrons. The topological polar surface area (TPSA) is 44.3 Å². The maximum atomic E-state index is 11.5. The molecule has 0 fully saturated rings. The van der Waals surface area contributed by atoms with Gasteiger partial charge in [-0.25, -0.2) is 0 Å². The number of hydrogen-bond donors (Lipinski definition) is 3. The summed E-state index contributed by atoms with van der Waals surface area (Å²) in [5.41, 5.74) is 7.28. The van der Waals surface area contributed by atoms with Crippen LogP contribution < -0.4 is 10.6 Å². The summed E-state index contributed by atoms with van der Waals surface area (Å²) in [7, 11) is 0. The Morgan fingerprint density at radius 3 is 1.83 bits per heavy atom. The lowest BCUT2D eigenvalue weighted by atomic mass is 9.93. The van der Waals surface area contributed by atoms with Gasteiger partial charge >= 0.3 is 0 Å². The third-order valence-electron chi connectivity index (χ3n) is 7.23. The Balaban J connectivity index is 1.40. The van der Waals surface area contributed by atoms with Crippen LogP contribution in [-0.4, -0.2) is 23.8 Å². The normalized spacial score (nSPS) is 14.8. The van der Waals surface area contributed by atoms with Gasteiger partial charge in [-0.3, -0.25) is 0 Å². The molecule has 3 N–H and O–H groups in total. The van der Waals surface area contributed by atoms with E-state index < -0.39 is 6.10 Å². The van der Waals surface area contributed by atoms with Crippen molar-refractivity contribution in [3.8, 4) is 11.1 Å². The van der Waals surface area contributed by atoms with Crippen LogP contribution in [0.15, 0.2) is 109 Å². The third-order valence-corrected chi connectivity index (χ3v) is 7.23. The predicted octanol–water partition coefficient (Wildman–Crippen LogP) is 5.84. The summed E-state index contributed by atoms with van der Waals surface area (Å²) in [5, 5.41) is 19.0. The van der Waals surface area contributed by atoms with Crippen molar-refractivity contribution < 1.29 is 5.11 Å². The molecule has 0 saturated heterocycles. The van der Waals surface area contributed by atoms with Gasteiger partial charge in [-0.1, -0.05) is 109 Å². The molecule has 35 heavy (non-hydrogen) atoms. The van der Waals surface area contributed by atoms with E-state index in [9.17, 15) is 5.11 Å². The van der Waals surface area contributed by atoms with Gasteiger partial charge in [-0.05, 0) is 53.6 Å². The zero-order valence-electron chi connectivity index (χ0n) is 20.5. The number of fused-ring (bicyclic) bond motifs is 3. The average Bonchev–Trinajstić information content (AvgIpc) is 3.22. The number of aliphatic hydroxyl groups excluding tert-OH is 1. The van der Waals surface area contributed by atoms with Gasteiger partial charge in [0.1, 0.15) is 0 Å². The van der Waals surface area contributed by atoms with Crippen LogP contribution in [0.2, 0.25) is 0 Å². The minimum atomic E-state index is -0.571. The summed E-state index contributed by atoms with van der Waals surface area (Å²) in [4.78, 5) is 0. The van der Waals surface area contributed by atoms with Gasteiger partial charge in [-0.2, -0.15) is 0 Å². The van der Waals surface area contributed by atoms with E-state index in [0.717, 1.165) is 6.42 Å². The minimum absolute atomic E-state index is 0.0490. The summed E-state index contributed by atoms with van der Waals surface area (Å²) in [6, 6.07) is 38.0. The van der Waals surface area contributed by atoms with E-state index in [1.165, 1.54) is 33.4 Å². The molecule has 4 aromatic carbocycles. The fourth-order valence-electron chi connectivity index (χ4n) is 5.18. The van der Waals surface area contributed by atoms with E-state index in [2.05, 4.69) is 122 Å². The van der Waals surface area contributed by atoms with Crippen molar-refractivity contribution in [3.63, 3.8) is 0 Å². The van der Waals surface area contributed by atoms with E-state index >= 15 is 0 Å². The molecular formula is C32H34N2O. The van der Waals surface area contributed by atoms with Gasteiger partial charge in [0, 0.05) is 18.1 Å². The van der Waals surface area contributed by atoms with Crippen molar-refractivity contribution >= 4 is 0 Å². The van der Waals surface area contributed by atoms with Crippen molar-refractivity contribution in [2.75, 3.05) is 6.54 Å². The van der Waals surface area contributed by atoms with Crippen molar-refractivity contribution in [2.24, 2.45) is 0 Å². The lowest BCUT2D eigenvalue weighted by molar-refractivity contribution is 0.112. The molecule has 3 nitrogen and oxygen atoms in total. The zero-order chi connectivity index (χ0) is 24.3. The van der Waals surface area contributed by atoms with Crippen molar-refractivity contribution in [1.82, 2.24) is 10.6 Å². The van der Waals surface area contributed by atoms with Gasteiger partial charge < -0.3 is 15.7 Å². The van der Waals surface area contributed by atoms with Crippen molar-refractivity contribution in [3.05, 3.63) is 131 Å². The maximum Gasteiger partial charge on any atom is 0.0821 e. The molecule has 0 unspecified atom stereocenters. The first-order chi connectivity index (χ1) is 17.0. The Labute approximate surface area is 208 Å². The van der Waals surface area contributed by atoms with Gasteiger partial charge in [0.15, 0.2) is 0 Å². The smallest absolute Gasteiger partial charge is 0.0821 e. The highest BCUT2D eigenvalue weighted by Gasteiger charge is 2.32. The number of hydrogen-bond acceptors (Lipinski definition) is 3. The maximum absolute atomic E-state index is 11.5. The average molecular weight is 463 g/mol. The second-order valence-electron chi connectivity index (χ2n) is 10.0. The Bertz CT molecular complexity index is 1210. The molecular weight excluding hydrogens is 428 g/mol. The highest BCUT2D eigenvalue weighted by Crippen LogP contribution is 2.43. The molecule has 1 aliphatic rings. The van der Waals surface area contributed by atoms with Crippen LogP contribution in [0, 0.1) is 0 Å². The second-order valence-corrected chi connectivity index (χ2v) is 10.0. The molecule has 5 rings (SSSR count). The molecule has 0 spiro atoms. The highest BCUT2D eigenvalue weighted by atomic mass is 16.3. The zero-order valence-corrected chi connectivity index (χ0v) is 20.5. The van der Waals surface area contributed by atoms with E-state index in [0.29, 0.717) is 6.54 Å². The molecule has 0 heterocycles. The molecule has 1 aliphatic carbocycles. The van der Waals surface area contributed by atoms with Crippen LogP contribution in [0.3, 0.4) is 0 Å². The quantitative estimate of drug-likeness (QED) is 0.293. The van der Waals surface area contributed by atoms with Gasteiger partial charge in [0.25, 0.3) is 0 Å². The molecule has 4 aromatic rings. The van der Waals surface area contributed by atoms with Gasteiger partial charge in [0.2, 0.25) is 0 Å². The Kier molecular flexibility index (Phi) is 6.83. The van der Waals surface area contributed by atoms with Crippen LogP contribution in [0.1, 0.15) is 42.1 Å². The Hall–Kier alpha value is -3.24. The van der Waals surface area contributed by atoms with Gasteiger partial charge in [0.05, 0.1) is 12.1 Å². The first-order valence-corrected chi connectivity index (χ1v) is 12.5. The fraction of sp³-hybridized carbons (Fsp3) is 0.250. The van der Waals surface area contributed by atoms with Gasteiger partial charge in [-0.15, -0.1) is 0 Å². The van der Waals surface area contributed by atoms with Crippen molar-refractivity contribution in [1.29, 1.82) is 0 Å². The monoisotopic (exact) mass is 462 g/mol. The van der Waals surface area contributed by atoms with Crippen LogP contribution in [0.4, 0.5) is 0 Å². The first-order valence-electron chi connectivity index (χ1n) is 12.5. The van der Waals surface area contributed by atoms with E-state index in [1.807, 2.05) is 12.1 Å². The summed E-state index contributed by atoms with van der Waals surface area (Å²) in [5.74, 6) is 0. The summed E-state index contributed by atoms with van der Waals surface area (Å²) < 4.78 is 0.